The normalized spacial score (nSPS) is 13.9. The van der Waals surface area contributed by atoms with Crippen LogP contribution >= 0.6 is 11.6 Å². The highest BCUT2D eigenvalue weighted by atomic mass is 35.5. The molecule has 5 rings (SSSR count). The number of aromatic nitrogens is 4. The van der Waals surface area contributed by atoms with Gasteiger partial charge in [-0.25, -0.2) is 0 Å². The molecule has 4 aromatic rings. The molecule has 10 heteroatoms. The maximum absolute atomic E-state index is 12.9. The third-order valence-electron chi connectivity index (χ3n) is 6.17. The van der Waals surface area contributed by atoms with Gasteiger partial charge in [0.05, 0.1) is 35.8 Å². The number of amides is 1. The van der Waals surface area contributed by atoms with Crippen LogP contribution in [0.3, 0.4) is 0 Å². The van der Waals surface area contributed by atoms with E-state index in [9.17, 15) is 14.4 Å². The molecular formula is C25H23ClN6O3. The lowest BCUT2D eigenvalue weighted by Crippen LogP contribution is -2.49. The number of aryl methyl sites for hydroxylation is 1. The predicted molar refractivity (Wildman–Crippen MR) is 134 cm³/mol. The van der Waals surface area contributed by atoms with Gasteiger partial charge in [-0.1, -0.05) is 41.9 Å². The van der Waals surface area contributed by atoms with E-state index < -0.39 is 0 Å². The Bertz CT molecular complexity index is 1490. The van der Waals surface area contributed by atoms with Gasteiger partial charge in [0.1, 0.15) is 5.02 Å². The Morgan fingerprint density at radius 2 is 1.60 bits per heavy atom. The average Bonchev–Trinajstić information content (AvgIpc) is 2.90. The van der Waals surface area contributed by atoms with Crippen molar-refractivity contribution in [2.75, 3.05) is 31.1 Å². The van der Waals surface area contributed by atoms with Crippen LogP contribution in [0.25, 0.3) is 16.6 Å². The summed E-state index contributed by atoms with van der Waals surface area (Å²) in [5, 5.41) is 9.19. The number of hydrogen-bond acceptors (Lipinski definition) is 6. The SMILES string of the molecule is O=C(CCn1ncc(=O)c2ccccc21)N1CCN(c2cnn(-c3ccccc3)c(=O)c2Cl)CC1. The summed E-state index contributed by atoms with van der Waals surface area (Å²) < 4.78 is 2.97. The second-order valence-electron chi connectivity index (χ2n) is 8.26. The molecule has 1 saturated heterocycles. The topological polar surface area (TPSA) is 93.3 Å². The number of para-hydroxylation sites is 2. The fourth-order valence-electron chi connectivity index (χ4n) is 4.29. The second-order valence-corrected chi connectivity index (χ2v) is 8.64. The van der Waals surface area contributed by atoms with Gasteiger partial charge in [0, 0.05) is 38.0 Å². The van der Waals surface area contributed by atoms with Crippen LogP contribution in [0, 0.1) is 0 Å². The van der Waals surface area contributed by atoms with E-state index in [1.165, 1.54) is 10.9 Å². The summed E-state index contributed by atoms with van der Waals surface area (Å²) in [5.74, 6) is 0.0120. The van der Waals surface area contributed by atoms with Crippen molar-refractivity contribution in [2.45, 2.75) is 13.0 Å². The van der Waals surface area contributed by atoms with Gasteiger partial charge in [-0.2, -0.15) is 14.9 Å². The third-order valence-corrected chi connectivity index (χ3v) is 6.53. The number of benzene rings is 2. The Hall–Kier alpha value is -3.98. The van der Waals surface area contributed by atoms with Crippen molar-refractivity contribution < 1.29 is 4.79 Å². The van der Waals surface area contributed by atoms with E-state index in [4.69, 9.17) is 11.6 Å². The highest BCUT2D eigenvalue weighted by molar-refractivity contribution is 6.33. The van der Waals surface area contributed by atoms with Crippen LogP contribution in [0.15, 0.2) is 76.6 Å². The van der Waals surface area contributed by atoms with Crippen LogP contribution < -0.4 is 15.9 Å². The van der Waals surface area contributed by atoms with E-state index in [2.05, 4.69) is 10.2 Å². The van der Waals surface area contributed by atoms with Crippen LogP contribution in [0.5, 0.6) is 0 Å². The molecule has 0 spiro atoms. The molecule has 3 heterocycles. The number of carbonyl (C=O) groups is 1. The molecule has 2 aromatic carbocycles. The molecule has 1 amide bonds. The molecule has 1 fully saturated rings. The van der Waals surface area contributed by atoms with Crippen LogP contribution in [0.1, 0.15) is 6.42 Å². The molecule has 0 atom stereocenters. The van der Waals surface area contributed by atoms with Gasteiger partial charge in [-0.05, 0) is 24.3 Å². The first-order valence-electron chi connectivity index (χ1n) is 11.3. The van der Waals surface area contributed by atoms with Gasteiger partial charge >= 0.3 is 0 Å². The predicted octanol–water partition coefficient (Wildman–Crippen LogP) is 2.33. The van der Waals surface area contributed by atoms with E-state index in [-0.39, 0.29) is 28.3 Å². The number of fused-ring (bicyclic) bond motifs is 1. The maximum Gasteiger partial charge on any atom is 0.292 e. The Balaban J connectivity index is 1.23. The molecule has 1 aliphatic rings. The highest BCUT2D eigenvalue weighted by Gasteiger charge is 2.24. The van der Waals surface area contributed by atoms with Gasteiger partial charge in [0.15, 0.2) is 0 Å². The smallest absolute Gasteiger partial charge is 0.292 e. The number of halogens is 1. The summed E-state index contributed by atoms with van der Waals surface area (Å²) >= 11 is 6.43. The lowest BCUT2D eigenvalue weighted by molar-refractivity contribution is -0.131. The molecule has 2 aromatic heterocycles. The van der Waals surface area contributed by atoms with Crippen LogP contribution in [0.2, 0.25) is 5.02 Å². The maximum atomic E-state index is 12.9. The Morgan fingerprint density at radius 3 is 2.37 bits per heavy atom. The van der Waals surface area contributed by atoms with Gasteiger partial charge in [0.25, 0.3) is 5.56 Å². The lowest BCUT2D eigenvalue weighted by Gasteiger charge is -2.36. The zero-order valence-corrected chi connectivity index (χ0v) is 19.6. The number of hydrogen-bond donors (Lipinski definition) is 0. The summed E-state index contributed by atoms with van der Waals surface area (Å²) in [6.45, 7) is 2.49. The summed E-state index contributed by atoms with van der Waals surface area (Å²) in [7, 11) is 0. The molecule has 1 aliphatic heterocycles. The van der Waals surface area contributed by atoms with E-state index in [0.29, 0.717) is 55.0 Å². The van der Waals surface area contributed by atoms with E-state index in [1.807, 2.05) is 41.3 Å². The van der Waals surface area contributed by atoms with Gasteiger partial charge < -0.3 is 9.80 Å². The minimum Gasteiger partial charge on any atom is -0.365 e. The largest absolute Gasteiger partial charge is 0.365 e. The van der Waals surface area contributed by atoms with Gasteiger partial charge in [-0.3, -0.25) is 19.1 Å². The molecule has 0 unspecified atom stereocenters. The minimum absolute atomic E-state index is 0.0120. The monoisotopic (exact) mass is 490 g/mol. The summed E-state index contributed by atoms with van der Waals surface area (Å²) in [5.41, 5.74) is 1.41. The van der Waals surface area contributed by atoms with Crippen LogP contribution in [-0.4, -0.2) is 56.5 Å². The molecule has 0 bridgehead atoms. The third kappa shape index (κ3) is 4.54. The quantitative estimate of drug-likeness (QED) is 0.426. The lowest BCUT2D eigenvalue weighted by atomic mass is 10.2. The van der Waals surface area contributed by atoms with Crippen molar-refractivity contribution in [3.8, 4) is 5.69 Å². The van der Waals surface area contributed by atoms with Crippen molar-refractivity contribution >= 4 is 34.1 Å². The first kappa shape index (κ1) is 22.8. The number of nitrogens with zero attached hydrogens (tertiary/aromatic N) is 6. The van der Waals surface area contributed by atoms with Crippen LogP contribution in [-0.2, 0) is 11.3 Å². The fourth-order valence-corrected chi connectivity index (χ4v) is 4.54. The van der Waals surface area contributed by atoms with Crippen molar-refractivity contribution in [3.63, 3.8) is 0 Å². The fraction of sp³-hybridized carbons (Fsp3) is 0.240. The Morgan fingerprint density at radius 1 is 0.886 bits per heavy atom. The molecule has 0 aliphatic carbocycles. The van der Waals surface area contributed by atoms with Crippen molar-refractivity contribution in [3.05, 3.63) is 92.6 Å². The van der Waals surface area contributed by atoms with Crippen molar-refractivity contribution in [1.82, 2.24) is 24.5 Å². The summed E-state index contributed by atoms with van der Waals surface area (Å²) in [6.07, 6.45) is 3.16. The van der Waals surface area contributed by atoms with E-state index >= 15 is 0 Å². The number of anilines is 1. The molecule has 9 nitrogen and oxygen atoms in total. The minimum atomic E-state index is -0.380. The molecule has 35 heavy (non-hydrogen) atoms. The first-order chi connectivity index (χ1) is 17.0. The molecule has 0 saturated carbocycles. The summed E-state index contributed by atoms with van der Waals surface area (Å²) in [6, 6.07) is 16.4. The van der Waals surface area contributed by atoms with E-state index in [0.717, 1.165) is 0 Å². The standard InChI is InChI=1S/C25H23ClN6O3/c26-24-21(16-28-32(25(24)35)18-6-2-1-3-7-18)29-12-14-30(15-13-29)23(34)10-11-31-20-9-5-4-8-19(20)22(33)17-27-31/h1-9,16-17H,10-15H2. The Labute approximate surface area is 205 Å². The number of carbonyl (C=O) groups excluding carboxylic acids is 1. The number of rotatable bonds is 5. The molecule has 178 valence electrons. The highest BCUT2D eigenvalue weighted by Crippen LogP contribution is 2.23. The van der Waals surface area contributed by atoms with Crippen LogP contribution in [0.4, 0.5) is 5.69 Å². The average molecular weight is 491 g/mol. The van der Waals surface area contributed by atoms with Gasteiger partial charge in [-0.15, -0.1) is 0 Å². The van der Waals surface area contributed by atoms with Crippen molar-refractivity contribution in [1.29, 1.82) is 0 Å². The molecule has 0 N–H and O–H groups in total. The van der Waals surface area contributed by atoms with Gasteiger partial charge in [0.2, 0.25) is 11.3 Å². The number of piperazine rings is 1. The summed E-state index contributed by atoms with van der Waals surface area (Å²) in [4.78, 5) is 41.4. The molecule has 0 radical (unpaired) electrons. The first-order valence-corrected chi connectivity index (χ1v) is 11.7. The van der Waals surface area contributed by atoms with Crippen molar-refractivity contribution in [2.24, 2.45) is 0 Å². The Kier molecular flexibility index (Phi) is 6.33. The zero-order valence-electron chi connectivity index (χ0n) is 18.9. The zero-order chi connectivity index (χ0) is 24.4. The molecular weight excluding hydrogens is 468 g/mol. The van der Waals surface area contributed by atoms with E-state index in [1.54, 1.807) is 34.0 Å². The second kappa shape index (κ2) is 9.71.